The molecule has 2 aromatic carbocycles. The molecule has 0 N–H and O–H groups in total. The van der Waals surface area contributed by atoms with Crippen LogP contribution in [0.4, 0.5) is 0 Å². The molecule has 30 heavy (non-hydrogen) atoms. The quantitative estimate of drug-likeness (QED) is 0.612. The Hall–Kier alpha value is -3.94. The van der Waals surface area contributed by atoms with Crippen LogP contribution in [0.25, 0.3) is 17.3 Å². The van der Waals surface area contributed by atoms with Gasteiger partial charge in [0.25, 0.3) is 5.56 Å². The number of ether oxygens (including phenoxy) is 1. The van der Waals surface area contributed by atoms with E-state index in [9.17, 15) is 20.1 Å². The van der Waals surface area contributed by atoms with Gasteiger partial charge in [0.15, 0.2) is 5.57 Å². The average Bonchev–Trinajstić information content (AvgIpc) is 3.05. The summed E-state index contributed by atoms with van der Waals surface area (Å²) in [5.74, 6) is -0.445. The van der Waals surface area contributed by atoms with E-state index in [-0.39, 0.29) is 15.8 Å². The molecular weight excluding hydrogens is 398 g/mol. The first-order chi connectivity index (χ1) is 14.4. The van der Waals surface area contributed by atoms with Gasteiger partial charge < -0.3 is 4.74 Å². The predicted octanol–water partition coefficient (Wildman–Crippen LogP) is 2.33. The Kier molecular flexibility index (Phi) is 5.96. The molecule has 1 heterocycles. The Morgan fingerprint density at radius 2 is 1.77 bits per heavy atom. The lowest BCUT2D eigenvalue weighted by atomic mass is 10.1. The molecule has 0 radical (unpaired) electrons. The van der Waals surface area contributed by atoms with Crippen LogP contribution in [0.5, 0.6) is 0 Å². The van der Waals surface area contributed by atoms with Crippen LogP contribution in [0.2, 0.25) is 0 Å². The lowest BCUT2D eigenvalue weighted by molar-refractivity contribution is 0.0600. The van der Waals surface area contributed by atoms with Crippen molar-refractivity contribution in [1.29, 1.82) is 10.5 Å². The molecule has 1 aromatic heterocycles. The molecular formula is C23H17N3O3S. The number of rotatable bonds is 3. The number of nitrogens with zero attached hydrogens (tertiary/aromatic N) is 3. The highest BCUT2D eigenvalue weighted by molar-refractivity contribution is 7.07. The maximum atomic E-state index is 13.2. The van der Waals surface area contributed by atoms with Gasteiger partial charge in [-0.2, -0.15) is 10.5 Å². The molecule has 0 saturated carbocycles. The molecule has 0 amide bonds. The molecule has 0 atom stereocenters. The van der Waals surface area contributed by atoms with Crippen LogP contribution < -0.4 is 14.8 Å². The summed E-state index contributed by atoms with van der Waals surface area (Å²) in [5.41, 5.74) is 3.19. The van der Waals surface area contributed by atoms with Crippen molar-refractivity contribution in [2.45, 2.75) is 13.8 Å². The second kappa shape index (κ2) is 8.60. The monoisotopic (exact) mass is 415 g/mol. The third-order valence-corrected chi connectivity index (χ3v) is 5.58. The number of carbonyl (C=O) groups is 1. The van der Waals surface area contributed by atoms with E-state index < -0.39 is 5.97 Å². The number of thiazole rings is 1. The zero-order valence-electron chi connectivity index (χ0n) is 16.6. The molecule has 148 valence electrons. The van der Waals surface area contributed by atoms with Gasteiger partial charge in [-0.1, -0.05) is 29.8 Å². The highest BCUT2D eigenvalue weighted by Crippen LogP contribution is 2.13. The van der Waals surface area contributed by atoms with Crippen LogP contribution in [-0.2, 0) is 4.74 Å². The number of esters is 1. The zero-order chi connectivity index (χ0) is 21.8. The highest BCUT2D eigenvalue weighted by atomic mass is 32.1. The molecule has 0 fully saturated rings. The molecule has 0 unspecified atom stereocenters. The van der Waals surface area contributed by atoms with Crippen LogP contribution >= 0.6 is 11.3 Å². The molecule has 0 aliphatic carbocycles. The van der Waals surface area contributed by atoms with E-state index in [2.05, 4.69) is 4.74 Å². The summed E-state index contributed by atoms with van der Waals surface area (Å²) in [4.78, 5) is 24.8. The van der Waals surface area contributed by atoms with Gasteiger partial charge in [0, 0.05) is 0 Å². The lowest BCUT2D eigenvalue weighted by Crippen LogP contribution is -2.31. The number of aromatic nitrogens is 1. The third kappa shape index (κ3) is 3.93. The molecule has 3 rings (SSSR count). The van der Waals surface area contributed by atoms with Crippen molar-refractivity contribution in [3.63, 3.8) is 0 Å². The summed E-state index contributed by atoms with van der Waals surface area (Å²) in [6, 6.07) is 16.0. The minimum atomic E-state index is -0.445. The fourth-order valence-electron chi connectivity index (χ4n) is 3.03. The fraction of sp³-hybridized carbons (Fsp3) is 0.130. The summed E-state index contributed by atoms with van der Waals surface area (Å²) in [7, 11) is 1.31. The van der Waals surface area contributed by atoms with Crippen LogP contribution in [0.3, 0.4) is 0 Å². The molecule has 6 nitrogen and oxygen atoms in total. The lowest BCUT2D eigenvalue weighted by Gasteiger charge is -2.07. The topological polar surface area (TPSA) is 95.9 Å². The predicted molar refractivity (Wildman–Crippen MR) is 115 cm³/mol. The Balaban J connectivity index is 2.29. The van der Waals surface area contributed by atoms with Crippen molar-refractivity contribution < 1.29 is 9.53 Å². The fourth-order valence-corrected chi connectivity index (χ4v) is 4.08. The van der Waals surface area contributed by atoms with Gasteiger partial charge in [-0.05, 0) is 49.2 Å². The van der Waals surface area contributed by atoms with E-state index in [1.54, 1.807) is 30.3 Å². The first-order valence-corrected chi connectivity index (χ1v) is 9.75. The van der Waals surface area contributed by atoms with Gasteiger partial charge in [0.1, 0.15) is 16.8 Å². The minimum absolute atomic E-state index is 0.127. The summed E-state index contributed by atoms with van der Waals surface area (Å²) in [5, 5.41) is 18.8. The standard InChI is InChI=1S/C23H17N3O3S/c1-14-4-9-19(15(2)10-14)26-21(27)20(30-22(26)18(12-24)13-25)11-16-5-7-17(8-6-16)23(28)29-3/h4-11H,1-3H3/b20-11-. The number of benzene rings is 2. The summed E-state index contributed by atoms with van der Waals surface area (Å²) in [6.07, 6.45) is 1.67. The average molecular weight is 415 g/mol. The zero-order valence-corrected chi connectivity index (χ0v) is 17.4. The van der Waals surface area contributed by atoms with E-state index in [4.69, 9.17) is 0 Å². The van der Waals surface area contributed by atoms with Gasteiger partial charge in [-0.25, -0.2) is 4.79 Å². The third-order valence-electron chi connectivity index (χ3n) is 4.48. The van der Waals surface area contributed by atoms with Crippen LogP contribution in [-0.4, -0.2) is 17.6 Å². The first kappa shape index (κ1) is 20.8. The number of carbonyl (C=O) groups excluding carboxylic acids is 1. The highest BCUT2D eigenvalue weighted by Gasteiger charge is 2.13. The van der Waals surface area contributed by atoms with E-state index in [0.29, 0.717) is 21.3 Å². The summed E-state index contributed by atoms with van der Waals surface area (Å²) < 4.78 is 6.76. The van der Waals surface area contributed by atoms with E-state index in [0.717, 1.165) is 22.5 Å². The second-order valence-electron chi connectivity index (χ2n) is 6.56. The summed E-state index contributed by atoms with van der Waals surface area (Å²) in [6.45, 7) is 3.83. The molecule has 0 aliphatic rings. The molecule has 0 spiro atoms. The Morgan fingerprint density at radius 1 is 1.10 bits per heavy atom. The molecule has 0 bridgehead atoms. The van der Waals surface area contributed by atoms with Crippen molar-refractivity contribution >= 4 is 29.0 Å². The normalized spacial score (nSPS) is 10.9. The van der Waals surface area contributed by atoms with Crippen molar-refractivity contribution in [2.75, 3.05) is 7.11 Å². The van der Waals surface area contributed by atoms with Crippen molar-refractivity contribution in [3.8, 4) is 17.8 Å². The smallest absolute Gasteiger partial charge is 0.337 e. The first-order valence-electron chi connectivity index (χ1n) is 8.93. The number of aryl methyl sites for hydroxylation is 2. The molecule has 0 aliphatic heterocycles. The molecule has 3 aromatic rings. The Labute approximate surface area is 176 Å². The Bertz CT molecular complexity index is 1380. The number of hydrogen-bond donors (Lipinski definition) is 0. The largest absolute Gasteiger partial charge is 0.465 e. The van der Waals surface area contributed by atoms with Gasteiger partial charge in [0.2, 0.25) is 0 Å². The number of hydrogen-bond acceptors (Lipinski definition) is 6. The van der Waals surface area contributed by atoms with Crippen LogP contribution in [0, 0.1) is 36.5 Å². The maximum absolute atomic E-state index is 13.2. The van der Waals surface area contributed by atoms with Gasteiger partial charge in [-0.3, -0.25) is 9.36 Å². The number of methoxy groups -OCH3 is 1. The maximum Gasteiger partial charge on any atom is 0.337 e. The van der Waals surface area contributed by atoms with E-state index in [1.807, 2.05) is 44.2 Å². The van der Waals surface area contributed by atoms with Crippen molar-refractivity contribution in [2.24, 2.45) is 0 Å². The van der Waals surface area contributed by atoms with E-state index in [1.165, 1.54) is 11.7 Å². The van der Waals surface area contributed by atoms with Crippen molar-refractivity contribution in [3.05, 3.63) is 84.3 Å². The molecule has 0 saturated heterocycles. The van der Waals surface area contributed by atoms with Crippen molar-refractivity contribution in [1.82, 2.24) is 4.57 Å². The van der Waals surface area contributed by atoms with E-state index >= 15 is 0 Å². The summed E-state index contributed by atoms with van der Waals surface area (Å²) >= 11 is 1.08. The van der Waals surface area contributed by atoms with Gasteiger partial charge in [0.05, 0.1) is 22.9 Å². The molecule has 7 heteroatoms. The van der Waals surface area contributed by atoms with Gasteiger partial charge >= 0.3 is 5.97 Å². The SMILES string of the molecule is COC(=O)c1ccc(/C=c2\sc(=C(C#N)C#N)n(-c3ccc(C)cc3C)c2=O)cc1. The minimum Gasteiger partial charge on any atom is -0.465 e. The Morgan fingerprint density at radius 3 is 2.33 bits per heavy atom. The van der Waals surface area contributed by atoms with Crippen LogP contribution in [0.1, 0.15) is 27.0 Å². The second-order valence-corrected chi connectivity index (χ2v) is 7.59. The van der Waals surface area contributed by atoms with Gasteiger partial charge in [-0.15, -0.1) is 11.3 Å². The van der Waals surface area contributed by atoms with Crippen LogP contribution in [0.15, 0.2) is 47.3 Å². The number of nitriles is 2.